The Morgan fingerprint density at radius 1 is 0.815 bits per heavy atom. The molecule has 0 aliphatic heterocycles. The fourth-order valence-corrected chi connectivity index (χ4v) is 5.48. The molecule has 2 aromatic rings. The summed E-state index contributed by atoms with van der Waals surface area (Å²) in [5, 5.41) is 0.0229. The van der Waals surface area contributed by atoms with Gasteiger partial charge in [0, 0.05) is 40.9 Å². The van der Waals surface area contributed by atoms with Crippen LogP contribution in [0.5, 0.6) is 11.5 Å². The zero-order valence-corrected chi connectivity index (χ0v) is 15.6. The van der Waals surface area contributed by atoms with Crippen molar-refractivity contribution in [3.63, 3.8) is 0 Å². The van der Waals surface area contributed by atoms with Gasteiger partial charge in [-0.15, -0.1) is 0 Å². The third-order valence-corrected chi connectivity index (χ3v) is 6.47. The van der Waals surface area contributed by atoms with Gasteiger partial charge < -0.3 is 9.47 Å². The normalized spacial score (nSPS) is 27.4. The summed E-state index contributed by atoms with van der Waals surface area (Å²) in [6.07, 6.45) is 1.29. The standard InChI is InChI=1S/C22H17ClO4/c1-26-14-7-8-15(27-2)20-17-11-6-4-3-5-10(11)16(19(14)20)18-13(24)9-12(23)22(25)21(17)18/h3-9,16-18,21H,1-2H3. The van der Waals surface area contributed by atoms with E-state index in [4.69, 9.17) is 21.1 Å². The molecule has 0 heterocycles. The monoisotopic (exact) mass is 380 g/mol. The lowest BCUT2D eigenvalue weighted by Gasteiger charge is -2.50. The van der Waals surface area contributed by atoms with Crippen molar-refractivity contribution in [3.8, 4) is 11.5 Å². The van der Waals surface area contributed by atoms with Gasteiger partial charge >= 0.3 is 0 Å². The highest BCUT2D eigenvalue weighted by molar-refractivity contribution is 6.45. The number of rotatable bonds is 2. The highest BCUT2D eigenvalue weighted by Crippen LogP contribution is 2.63. The highest BCUT2D eigenvalue weighted by atomic mass is 35.5. The molecule has 4 aliphatic carbocycles. The Bertz CT molecular complexity index is 1040. The number of benzene rings is 2. The molecule has 2 aromatic carbocycles. The van der Waals surface area contributed by atoms with Crippen molar-refractivity contribution in [2.24, 2.45) is 11.8 Å². The van der Waals surface area contributed by atoms with Crippen LogP contribution in [0.4, 0.5) is 0 Å². The van der Waals surface area contributed by atoms with Crippen LogP contribution < -0.4 is 9.47 Å². The third kappa shape index (κ3) is 1.99. The molecule has 0 saturated heterocycles. The summed E-state index contributed by atoms with van der Waals surface area (Å²) < 4.78 is 11.3. The van der Waals surface area contributed by atoms with Gasteiger partial charge in [-0.25, -0.2) is 0 Å². The van der Waals surface area contributed by atoms with Crippen molar-refractivity contribution in [3.05, 3.63) is 69.8 Å². The Labute approximate surface area is 161 Å². The van der Waals surface area contributed by atoms with Gasteiger partial charge in [0.05, 0.1) is 19.3 Å². The van der Waals surface area contributed by atoms with Crippen molar-refractivity contribution in [1.82, 2.24) is 0 Å². The Hall–Kier alpha value is -2.59. The van der Waals surface area contributed by atoms with Crippen LogP contribution in [0.1, 0.15) is 34.1 Å². The van der Waals surface area contributed by atoms with Crippen LogP contribution in [0.25, 0.3) is 0 Å². The van der Waals surface area contributed by atoms with Crippen LogP contribution in [-0.4, -0.2) is 25.8 Å². The van der Waals surface area contributed by atoms with Gasteiger partial charge in [0.1, 0.15) is 11.5 Å². The molecule has 0 aromatic heterocycles. The van der Waals surface area contributed by atoms with Crippen LogP contribution in [0.15, 0.2) is 47.5 Å². The first kappa shape index (κ1) is 16.6. The molecule has 0 saturated carbocycles. The molecule has 136 valence electrons. The minimum absolute atomic E-state index is 0.0229. The fourth-order valence-electron chi connectivity index (χ4n) is 5.25. The summed E-state index contributed by atoms with van der Waals surface area (Å²) in [4.78, 5) is 26.0. The molecular weight excluding hydrogens is 364 g/mol. The molecule has 5 heteroatoms. The zero-order valence-electron chi connectivity index (χ0n) is 14.9. The molecule has 0 amide bonds. The summed E-state index contributed by atoms with van der Waals surface area (Å²) in [5.74, 6) is -0.346. The first-order valence-electron chi connectivity index (χ1n) is 8.87. The number of carbonyl (C=O) groups is 2. The minimum atomic E-state index is -0.511. The van der Waals surface area contributed by atoms with E-state index in [1.165, 1.54) is 6.08 Å². The topological polar surface area (TPSA) is 52.6 Å². The number of hydrogen-bond acceptors (Lipinski definition) is 4. The van der Waals surface area contributed by atoms with Crippen molar-refractivity contribution in [2.75, 3.05) is 14.2 Å². The Balaban J connectivity index is 1.89. The van der Waals surface area contributed by atoms with Gasteiger partial charge in [-0.1, -0.05) is 35.9 Å². The zero-order chi connectivity index (χ0) is 18.9. The minimum Gasteiger partial charge on any atom is -0.496 e. The lowest BCUT2D eigenvalue weighted by atomic mass is 9.51. The maximum atomic E-state index is 13.0. The molecule has 0 radical (unpaired) electrons. The Kier molecular flexibility index (Phi) is 3.50. The summed E-state index contributed by atoms with van der Waals surface area (Å²) >= 11 is 6.14. The molecule has 0 spiro atoms. The van der Waals surface area contributed by atoms with Crippen molar-refractivity contribution >= 4 is 23.2 Å². The Morgan fingerprint density at radius 3 is 1.85 bits per heavy atom. The number of methoxy groups -OCH3 is 2. The summed E-state index contributed by atoms with van der Waals surface area (Å²) in [7, 11) is 3.24. The van der Waals surface area contributed by atoms with Crippen LogP contribution in [0.2, 0.25) is 0 Å². The van der Waals surface area contributed by atoms with E-state index in [1.54, 1.807) is 14.2 Å². The van der Waals surface area contributed by atoms with Crippen LogP contribution in [0, 0.1) is 11.8 Å². The van der Waals surface area contributed by atoms with E-state index in [-0.39, 0.29) is 28.4 Å². The lowest BCUT2D eigenvalue weighted by molar-refractivity contribution is -0.131. The van der Waals surface area contributed by atoms with Crippen molar-refractivity contribution in [2.45, 2.75) is 11.8 Å². The SMILES string of the molecule is COc1ccc(OC)c2c1C1c3ccccc3C2C2C(=O)C(Cl)=CC(=O)C12. The average molecular weight is 381 g/mol. The van der Waals surface area contributed by atoms with E-state index < -0.39 is 11.8 Å². The molecule has 0 fully saturated rings. The van der Waals surface area contributed by atoms with E-state index in [2.05, 4.69) is 0 Å². The van der Waals surface area contributed by atoms with E-state index in [0.717, 1.165) is 28.0 Å². The molecule has 27 heavy (non-hydrogen) atoms. The average Bonchev–Trinajstić information content (AvgIpc) is 2.70. The van der Waals surface area contributed by atoms with Gasteiger partial charge in [-0.2, -0.15) is 0 Å². The molecule has 2 bridgehead atoms. The first-order chi connectivity index (χ1) is 13.1. The second-order valence-electron chi connectivity index (χ2n) is 7.19. The number of Topliss-reactive ketones (excluding diaryl/α,β-unsaturated/α-hetero) is 1. The van der Waals surface area contributed by atoms with Gasteiger partial charge in [-0.3, -0.25) is 9.59 Å². The Morgan fingerprint density at radius 2 is 1.33 bits per heavy atom. The van der Waals surface area contributed by atoms with E-state index in [9.17, 15) is 9.59 Å². The van der Waals surface area contributed by atoms with E-state index >= 15 is 0 Å². The molecular formula is C22H17ClO4. The number of hydrogen-bond donors (Lipinski definition) is 0. The fraction of sp³-hybridized carbons (Fsp3) is 0.273. The molecule has 6 rings (SSSR count). The number of ether oxygens (including phenoxy) is 2. The molecule has 4 unspecified atom stereocenters. The number of allylic oxidation sites excluding steroid dienone is 2. The molecule has 4 atom stereocenters. The predicted molar refractivity (Wildman–Crippen MR) is 101 cm³/mol. The molecule has 0 N–H and O–H groups in total. The molecule has 4 nitrogen and oxygen atoms in total. The lowest BCUT2D eigenvalue weighted by Crippen LogP contribution is -2.49. The largest absolute Gasteiger partial charge is 0.496 e. The van der Waals surface area contributed by atoms with Gasteiger partial charge in [0.25, 0.3) is 0 Å². The quantitative estimate of drug-likeness (QED) is 0.795. The van der Waals surface area contributed by atoms with Crippen LogP contribution in [0.3, 0.4) is 0 Å². The highest BCUT2D eigenvalue weighted by Gasteiger charge is 2.58. The van der Waals surface area contributed by atoms with Gasteiger partial charge in [0.15, 0.2) is 11.6 Å². The predicted octanol–water partition coefficient (Wildman–Crippen LogP) is 3.80. The smallest absolute Gasteiger partial charge is 0.179 e. The van der Waals surface area contributed by atoms with E-state index in [0.29, 0.717) is 5.75 Å². The van der Waals surface area contributed by atoms with Crippen LogP contribution >= 0.6 is 11.6 Å². The van der Waals surface area contributed by atoms with Crippen molar-refractivity contribution in [1.29, 1.82) is 0 Å². The maximum absolute atomic E-state index is 13.0. The second kappa shape index (κ2) is 5.70. The number of halogens is 1. The van der Waals surface area contributed by atoms with Gasteiger partial charge in [-0.05, 0) is 23.3 Å². The second-order valence-corrected chi connectivity index (χ2v) is 7.60. The summed E-state index contributed by atoms with van der Waals surface area (Å²) in [5.41, 5.74) is 4.04. The van der Waals surface area contributed by atoms with Crippen LogP contribution in [-0.2, 0) is 9.59 Å². The summed E-state index contributed by atoms with van der Waals surface area (Å²) in [6.45, 7) is 0. The summed E-state index contributed by atoms with van der Waals surface area (Å²) in [6, 6.07) is 11.8. The van der Waals surface area contributed by atoms with E-state index in [1.807, 2.05) is 36.4 Å². The van der Waals surface area contributed by atoms with Crippen molar-refractivity contribution < 1.29 is 19.1 Å². The maximum Gasteiger partial charge on any atom is 0.179 e. The number of ketones is 2. The third-order valence-electron chi connectivity index (χ3n) is 6.18. The first-order valence-corrected chi connectivity index (χ1v) is 9.25. The number of carbonyl (C=O) groups excluding carboxylic acids is 2. The van der Waals surface area contributed by atoms with Gasteiger partial charge in [0.2, 0.25) is 0 Å². The molecule has 4 aliphatic rings.